The number of carboxylic acids is 3. The van der Waals surface area contributed by atoms with E-state index in [9.17, 15) is 63.3 Å². The van der Waals surface area contributed by atoms with Crippen LogP contribution in [-0.2, 0) is 81.1 Å². The minimum absolute atomic E-state index is 0.0274. The quantitative estimate of drug-likeness (QED) is 0.0262. The molecule has 0 saturated heterocycles. The predicted octanol–water partition coefficient (Wildman–Crippen LogP) is 2.53. The van der Waals surface area contributed by atoms with Crippen molar-refractivity contribution in [2.24, 2.45) is 46.8 Å². The number of carbonyl (C=O) groups excluding carboxylic acids is 7. The Bertz CT molecular complexity index is 1680. The van der Waals surface area contributed by atoms with Gasteiger partial charge in [-0.05, 0) is 51.4 Å². The van der Waals surface area contributed by atoms with E-state index in [1.807, 2.05) is 13.8 Å². The molecule has 0 rings (SSSR count). The summed E-state index contributed by atoms with van der Waals surface area (Å²) in [6.45, 7) is 11.9. The maximum Gasteiger partial charge on any atom is 0.308 e. The van der Waals surface area contributed by atoms with Crippen molar-refractivity contribution >= 4 is 59.7 Å². The van der Waals surface area contributed by atoms with E-state index in [-0.39, 0.29) is 141 Å². The molecular formula is C50H85N3O21. The van der Waals surface area contributed by atoms with Gasteiger partial charge in [0.15, 0.2) is 0 Å². The van der Waals surface area contributed by atoms with E-state index in [4.69, 9.17) is 38.3 Å². The molecule has 0 aliphatic carbocycles. The van der Waals surface area contributed by atoms with Gasteiger partial charge in [-0.3, -0.25) is 47.9 Å². The van der Waals surface area contributed by atoms with Gasteiger partial charge in [0.1, 0.15) is 46.2 Å². The van der Waals surface area contributed by atoms with Crippen LogP contribution in [0.1, 0.15) is 119 Å². The highest BCUT2D eigenvalue weighted by molar-refractivity contribution is 5.78. The summed E-state index contributed by atoms with van der Waals surface area (Å²) in [7, 11) is 0. The fourth-order valence-electron chi connectivity index (χ4n) is 6.87. The second kappa shape index (κ2) is 39.9. The summed E-state index contributed by atoms with van der Waals surface area (Å²) in [5, 5.41) is 47.5. The van der Waals surface area contributed by atoms with Crippen LogP contribution in [0.25, 0.3) is 0 Å². The van der Waals surface area contributed by atoms with E-state index in [1.54, 1.807) is 27.7 Å². The Balaban J connectivity index is 5.32. The summed E-state index contributed by atoms with van der Waals surface area (Å²) in [4.78, 5) is 124. The third-order valence-electron chi connectivity index (χ3n) is 12.4. The van der Waals surface area contributed by atoms with Gasteiger partial charge in [0, 0.05) is 39.3 Å². The minimum Gasteiger partial charge on any atom is -0.481 e. The summed E-state index contributed by atoms with van der Waals surface area (Å²) in [5.41, 5.74) is -1.11. The van der Waals surface area contributed by atoms with Crippen LogP contribution < -0.4 is 16.0 Å². The molecule has 0 amide bonds. The van der Waals surface area contributed by atoms with Gasteiger partial charge < -0.3 is 69.5 Å². The zero-order chi connectivity index (χ0) is 56.1. The van der Waals surface area contributed by atoms with Crippen LogP contribution in [0, 0.1) is 46.8 Å². The smallest absolute Gasteiger partial charge is 0.308 e. The van der Waals surface area contributed by atoms with Crippen LogP contribution in [0.3, 0.4) is 0 Å². The molecule has 0 aliphatic rings. The number of rotatable bonds is 45. The van der Waals surface area contributed by atoms with Crippen molar-refractivity contribution in [1.82, 2.24) is 16.0 Å². The number of aliphatic hydroxyl groups is 1. The fraction of sp³-hybridized carbons (Fsp3) is 0.800. The molecule has 24 nitrogen and oxygen atoms in total. The van der Waals surface area contributed by atoms with Crippen molar-refractivity contribution < 1.29 is 102 Å². The highest BCUT2D eigenvalue weighted by Gasteiger charge is 2.37. The molecule has 0 aromatic heterocycles. The molecule has 0 fully saturated rings. The lowest BCUT2D eigenvalue weighted by Crippen LogP contribution is -2.39. The fourth-order valence-corrected chi connectivity index (χ4v) is 6.87. The standard InChI is InChI=1S/C50H85N3O21/c1-8-33(5)46(64)68-22-18-51-15-12-40(55)72-30-50(11-4,31-73-41(56)13-16-52-19-23-69-47(65)34(6)9-2)32-74-42(57)14-17-53-20-24-70-49(67)36(10-3)27-38(44(60)61)29-39(45(62)63)28-37(43(58)59)26-35(7)48(66)71-25-21-54/h33-39,51-54H,8-32H2,1-7H3,(H,58,59)(H,60,61)(H,62,63). The molecule has 0 heterocycles. The van der Waals surface area contributed by atoms with Crippen LogP contribution in [0.2, 0.25) is 0 Å². The Morgan fingerprint density at radius 3 is 1.05 bits per heavy atom. The summed E-state index contributed by atoms with van der Waals surface area (Å²) < 4.78 is 37.2. The molecule has 0 aliphatic heterocycles. The van der Waals surface area contributed by atoms with Gasteiger partial charge in [-0.2, -0.15) is 0 Å². The topological polar surface area (TPSA) is 352 Å². The molecule has 0 saturated carbocycles. The van der Waals surface area contributed by atoms with E-state index in [0.29, 0.717) is 25.9 Å². The maximum absolute atomic E-state index is 13.0. The lowest BCUT2D eigenvalue weighted by atomic mass is 9.80. The number of nitrogens with one attached hydrogen (secondary N) is 3. The van der Waals surface area contributed by atoms with Gasteiger partial charge in [-0.25, -0.2) is 0 Å². The average Bonchev–Trinajstić information content (AvgIpc) is 3.37. The van der Waals surface area contributed by atoms with Crippen molar-refractivity contribution in [2.45, 2.75) is 119 Å². The van der Waals surface area contributed by atoms with Gasteiger partial charge in [0.25, 0.3) is 0 Å². The highest BCUT2D eigenvalue weighted by atomic mass is 16.6. The largest absolute Gasteiger partial charge is 0.481 e. The molecule has 0 bridgehead atoms. The monoisotopic (exact) mass is 1060 g/mol. The number of ether oxygens (including phenoxy) is 7. The summed E-state index contributed by atoms with van der Waals surface area (Å²) in [6.07, 6.45) is -0.0316. The third-order valence-corrected chi connectivity index (χ3v) is 12.4. The van der Waals surface area contributed by atoms with E-state index in [2.05, 4.69) is 16.0 Å². The minimum atomic E-state index is -1.44. The normalized spacial score (nSPS) is 14.8. The molecule has 0 spiro atoms. The van der Waals surface area contributed by atoms with E-state index >= 15 is 0 Å². The van der Waals surface area contributed by atoms with Crippen LogP contribution in [-0.4, -0.2) is 172 Å². The SMILES string of the molecule is CCC(C)C(=O)OCCNCCC(=O)OCC(CC)(COC(=O)CCNCCOC(=O)C(C)CC)COC(=O)CCNCCOC(=O)C(CC)CC(CC(CC(CC(C)C(=O)OCCO)C(=O)O)C(=O)O)C(=O)O. The molecule has 0 aromatic carbocycles. The molecule has 426 valence electrons. The van der Waals surface area contributed by atoms with Gasteiger partial charge in [-0.1, -0.05) is 48.5 Å². The van der Waals surface area contributed by atoms with E-state index in [0.717, 1.165) is 0 Å². The van der Waals surface area contributed by atoms with Gasteiger partial charge in [0.05, 0.1) is 72.7 Å². The van der Waals surface area contributed by atoms with E-state index in [1.165, 1.54) is 6.92 Å². The zero-order valence-electron chi connectivity index (χ0n) is 44.4. The first-order valence-corrected chi connectivity index (χ1v) is 25.6. The van der Waals surface area contributed by atoms with Gasteiger partial charge in [-0.15, -0.1) is 0 Å². The molecule has 7 atom stereocenters. The van der Waals surface area contributed by atoms with Crippen molar-refractivity contribution in [3.8, 4) is 0 Å². The summed E-state index contributed by atoms with van der Waals surface area (Å²) in [5.74, 6) is -14.6. The maximum atomic E-state index is 13.0. The highest BCUT2D eigenvalue weighted by Crippen LogP contribution is 2.30. The summed E-state index contributed by atoms with van der Waals surface area (Å²) in [6, 6.07) is 0. The first kappa shape index (κ1) is 68.5. The lowest BCUT2D eigenvalue weighted by Gasteiger charge is -2.31. The van der Waals surface area contributed by atoms with Crippen LogP contribution in [0.15, 0.2) is 0 Å². The van der Waals surface area contributed by atoms with Gasteiger partial charge >= 0.3 is 59.7 Å². The number of aliphatic hydroxyl groups excluding tert-OH is 1. The van der Waals surface area contributed by atoms with Crippen LogP contribution >= 0.6 is 0 Å². The van der Waals surface area contributed by atoms with Crippen molar-refractivity contribution in [1.29, 1.82) is 0 Å². The molecule has 7 unspecified atom stereocenters. The Hall–Kier alpha value is -5.46. The first-order valence-electron chi connectivity index (χ1n) is 25.6. The number of aliphatic carboxylic acids is 3. The molecule has 74 heavy (non-hydrogen) atoms. The molecule has 7 N–H and O–H groups in total. The predicted molar refractivity (Wildman–Crippen MR) is 263 cm³/mol. The molecule has 0 radical (unpaired) electrons. The Morgan fingerprint density at radius 2 is 0.730 bits per heavy atom. The Morgan fingerprint density at radius 1 is 0.405 bits per heavy atom. The van der Waals surface area contributed by atoms with Crippen molar-refractivity contribution in [2.75, 3.05) is 92.1 Å². The second-order valence-electron chi connectivity index (χ2n) is 18.4. The third kappa shape index (κ3) is 30.7. The van der Waals surface area contributed by atoms with Crippen LogP contribution in [0.5, 0.6) is 0 Å². The van der Waals surface area contributed by atoms with Crippen LogP contribution in [0.4, 0.5) is 0 Å². The number of hydrogen-bond acceptors (Lipinski definition) is 21. The number of esters is 7. The number of carbonyl (C=O) groups is 10. The van der Waals surface area contributed by atoms with Crippen molar-refractivity contribution in [3.05, 3.63) is 0 Å². The first-order chi connectivity index (χ1) is 35.1. The Kier molecular flexibility index (Phi) is 37.0. The molecule has 24 heteroatoms. The average molecular weight is 1060 g/mol. The van der Waals surface area contributed by atoms with Crippen molar-refractivity contribution in [3.63, 3.8) is 0 Å². The second-order valence-corrected chi connectivity index (χ2v) is 18.4. The number of carboxylic acid groups (broad SMARTS) is 3. The lowest BCUT2D eigenvalue weighted by molar-refractivity contribution is -0.163. The van der Waals surface area contributed by atoms with E-state index < -0.39 is 102 Å². The Labute approximate surface area is 434 Å². The van der Waals surface area contributed by atoms with Gasteiger partial charge in [0.2, 0.25) is 0 Å². The molecule has 0 aromatic rings. The zero-order valence-corrected chi connectivity index (χ0v) is 44.4. The number of hydrogen-bond donors (Lipinski definition) is 7. The molecular weight excluding hydrogens is 979 g/mol. The summed E-state index contributed by atoms with van der Waals surface area (Å²) >= 11 is 0.